The van der Waals surface area contributed by atoms with Crippen LogP contribution in [0.2, 0.25) is 0 Å². The number of carbonyl (C=O) groups excluding carboxylic acids is 1. The minimum atomic E-state index is -3.08. The van der Waals surface area contributed by atoms with E-state index in [1.54, 1.807) is 6.21 Å². The Balaban J connectivity index is 1.72. The summed E-state index contributed by atoms with van der Waals surface area (Å²) in [5, 5.41) is 8.50. The van der Waals surface area contributed by atoms with E-state index in [2.05, 4.69) is 15.6 Å². The van der Waals surface area contributed by atoms with Crippen LogP contribution in [-0.4, -0.2) is 41.8 Å². The van der Waals surface area contributed by atoms with E-state index in [-0.39, 0.29) is 17.4 Å². The second-order valence-corrected chi connectivity index (χ2v) is 8.39. The van der Waals surface area contributed by atoms with E-state index >= 15 is 0 Å². The number of benzene rings is 1. The van der Waals surface area contributed by atoms with Gasteiger partial charge in [-0.2, -0.15) is 10.2 Å². The summed E-state index contributed by atoms with van der Waals surface area (Å²) in [5.41, 5.74) is 5.91. The molecular formula is C17H20N4O3S. The Morgan fingerprint density at radius 2 is 2.04 bits per heavy atom. The molecule has 1 amide bonds. The topological polar surface area (TPSA) is 93.4 Å². The average molecular weight is 360 g/mol. The second kappa shape index (κ2) is 6.79. The number of aromatic nitrogens is 2. The number of hydrogen-bond donors (Lipinski definition) is 1. The standard InChI is InChI=1S/C17H20N4O3S/c1-12-16(13(2)21(20-12)15-6-4-3-5-7-15)10-18-19-17(22)14-8-9-25(23,24)11-14/h3-7,10,14H,8-9,11H2,1-2H3,(H,19,22)/b18-10-/t14-/m1/s1. The van der Waals surface area contributed by atoms with Gasteiger partial charge in [0.25, 0.3) is 0 Å². The molecule has 0 aliphatic carbocycles. The van der Waals surface area contributed by atoms with Crippen LogP contribution >= 0.6 is 0 Å². The summed E-state index contributed by atoms with van der Waals surface area (Å²) >= 11 is 0. The Bertz CT molecular complexity index is 917. The van der Waals surface area contributed by atoms with Gasteiger partial charge in [0.1, 0.15) is 0 Å². The molecule has 8 heteroatoms. The maximum atomic E-state index is 12.0. The first kappa shape index (κ1) is 17.3. The lowest BCUT2D eigenvalue weighted by Gasteiger charge is -2.05. The van der Waals surface area contributed by atoms with Gasteiger partial charge in [0.05, 0.1) is 40.7 Å². The summed E-state index contributed by atoms with van der Waals surface area (Å²) in [4.78, 5) is 12.0. The average Bonchev–Trinajstić information content (AvgIpc) is 3.09. The van der Waals surface area contributed by atoms with E-state index in [0.717, 1.165) is 22.6 Å². The highest BCUT2D eigenvalue weighted by Gasteiger charge is 2.32. The van der Waals surface area contributed by atoms with Crippen molar-refractivity contribution in [2.75, 3.05) is 11.5 Å². The number of amides is 1. The quantitative estimate of drug-likeness (QED) is 0.658. The van der Waals surface area contributed by atoms with Gasteiger partial charge in [0.2, 0.25) is 5.91 Å². The fourth-order valence-electron chi connectivity index (χ4n) is 2.92. The molecule has 25 heavy (non-hydrogen) atoms. The summed E-state index contributed by atoms with van der Waals surface area (Å²) in [7, 11) is -3.08. The van der Waals surface area contributed by atoms with Crippen LogP contribution in [0, 0.1) is 19.8 Å². The lowest BCUT2D eigenvalue weighted by Crippen LogP contribution is -2.27. The highest BCUT2D eigenvalue weighted by molar-refractivity contribution is 7.91. The molecule has 0 unspecified atom stereocenters. The van der Waals surface area contributed by atoms with Gasteiger partial charge >= 0.3 is 0 Å². The van der Waals surface area contributed by atoms with Crippen LogP contribution in [0.4, 0.5) is 0 Å². The van der Waals surface area contributed by atoms with Crippen molar-refractivity contribution in [3.05, 3.63) is 47.3 Å². The first-order valence-corrected chi connectivity index (χ1v) is 9.84. The van der Waals surface area contributed by atoms with Crippen molar-refractivity contribution in [2.24, 2.45) is 11.0 Å². The number of aryl methyl sites for hydroxylation is 1. The van der Waals surface area contributed by atoms with Crippen molar-refractivity contribution in [2.45, 2.75) is 20.3 Å². The van der Waals surface area contributed by atoms with Crippen molar-refractivity contribution < 1.29 is 13.2 Å². The SMILES string of the molecule is Cc1nn(-c2ccccc2)c(C)c1/C=N\NC(=O)[C@@H]1CCS(=O)(=O)C1. The minimum absolute atomic E-state index is 0.0663. The van der Waals surface area contributed by atoms with E-state index < -0.39 is 15.8 Å². The fourth-order valence-corrected chi connectivity index (χ4v) is 4.66. The van der Waals surface area contributed by atoms with E-state index in [9.17, 15) is 13.2 Å². The zero-order chi connectivity index (χ0) is 18.0. The molecule has 1 saturated heterocycles. The number of sulfone groups is 1. The molecule has 1 aliphatic heterocycles. The number of rotatable bonds is 4. The predicted octanol–water partition coefficient (Wildman–Crippen LogP) is 1.37. The fraction of sp³-hybridized carbons (Fsp3) is 0.353. The minimum Gasteiger partial charge on any atom is -0.273 e. The van der Waals surface area contributed by atoms with Crippen molar-refractivity contribution in [1.82, 2.24) is 15.2 Å². The Labute approximate surface area is 146 Å². The van der Waals surface area contributed by atoms with Crippen LogP contribution in [0.1, 0.15) is 23.4 Å². The maximum Gasteiger partial charge on any atom is 0.244 e. The monoisotopic (exact) mass is 360 g/mol. The first-order valence-electron chi connectivity index (χ1n) is 8.02. The molecule has 7 nitrogen and oxygen atoms in total. The number of carbonyl (C=O) groups is 1. The van der Waals surface area contributed by atoms with Gasteiger partial charge in [-0.15, -0.1) is 0 Å². The van der Waals surface area contributed by atoms with Gasteiger partial charge in [-0.25, -0.2) is 18.5 Å². The molecule has 1 aromatic carbocycles. The third-order valence-electron chi connectivity index (χ3n) is 4.32. The third-order valence-corrected chi connectivity index (χ3v) is 6.09. The third kappa shape index (κ3) is 3.79. The molecule has 2 aromatic rings. The maximum absolute atomic E-state index is 12.0. The molecule has 1 atom stereocenters. The molecule has 0 radical (unpaired) electrons. The molecule has 0 spiro atoms. The smallest absolute Gasteiger partial charge is 0.244 e. The summed E-state index contributed by atoms with van der Waals surface area (Å²) < 4.78 is 24.7. The van der Waals surface area contributed by atoms with Gasteiger partial charge in [-0.3, -0.25) is 4.79 Å². The highest BCUT2D eigenvalue weighted by Crippen LogP contribution is 2.18. The van der Waals surface area contributed by atoms with Gasteiger partial charge in [-0.05, 0) is 32.4 Å². The van der Waals surface area contributed by atoms with Crippen LogP contribution in [0.5, 0.6) is 0 Å². The highest BCUT2D eigenvalue weighted by atomic mass is 32.2. The largest absolute Gasteiger partial charge is 0.273 e. The van der Waals surface area contributed by atoms with E-state index in [1.807, 2.05) is 48.9 Å². The Hall–Kier alpha value is -2.48. The number of nitrogens with zero attached hydrogens (tertiary/aromatic N) is 3. The zero-order valence-corrected chi connectivity index (χ0v) is 15.0. The molecule has 132 valence electrons. The number of para-hydroxylation sites is 1. The number of nitrogens with one attached hydrogen (secondary N) is 1. The molecule has 1 aromatic heterocycles. The molecule has 2 heterocycles. The van der Waals surface area contributed by atoms with Crippen molar-refractivity contribution in [3.8, 4) is 5.69 Å². The predicted molar refractivity (Wildman–Crippen MR) is 95.5 cm³/mol. The number of hydrazone groups is 1. The van der Waals surface area contributed by atoms with Crippen LogP contribution in [0.15, 0.2) is 35.4 Å². The van der Waals surface area contributed by atoms with Gasteiger partial charge in [-0.1, -0.05) is 18.2 Å². The van der Waals surface area contributed by atoms with Crippen LogP contribution in [0.25, 0.3) is 5.69 Å². The second-order valence-electron chi connectivity index (χ2n) is 6.17. The van der Waals surface area contributed by atoms with Crippen molar-refractivity contribution >= 4 is 22.0 Å². The Morgan fingerprint density at radius 3 is 2.68 bits per heavy atom. The molecule has 0 bridgehead atoms. The van der Waals surface area contributed by atoms with Crippen molar-refractivity contribution in [1.29, 1.82) is 0 Å². The Morgan fingerprint density at radius 1 is 1.32 bits per heavy atom. The van der Waals surface area contributed by atoms with E-state index in [1.165, 1.54) is 0 Å². The summed E-state index contributed by atoms with van der Waals surface area (Å²) in [6.45, 7) is 3.80. The van der Waals surface area contributed by atoms with E-state index in [0.29, 0.717) is 6.42 Å². The van der Waals surface area contributed by atoms with Gasteiger partial charge in [0.15, 0.2) is 9.84 Å². The summed E-state index contributed by atoms with van der Waals surface area (Å²) in [6.07, 6.45) is 1.91. The molecular weight excluding hydrogens is 340 g/mol. The van der Waals surface area contributed by atoms with Crippen molar-refractivity contribution in [3.63, 3.8) is 0 Å². The molecule has 3 rings (SSSR count). The summed E-state index contributed by atoms with van der Waals surface area (Å²) in [5.74, 6) is -0.908. The summed E-state index contributed by atoms with van der Waals surface area (Å²) in [6, 6.07) is 9.74. The van der Waals surface area contributed by atoms with Crippen LogP contribution < -0.4 is 5.43 Å². The normalized spacial score (nSPS) is 19.4. The lowest BCUT2D eigenvalue weighted by atomic mass is 10.1. The molecule has 1 fully saturated rings. The van der Waals surface area contributed by atoms with Gasteiger partial charge < -0.3 is 0 Å². The zero-order valence-electron chi connectivity index (χ0n) is 14.1. The lowest BCUT2D eigenvalue weighted by molar-refractivity contribution is -0.124. The van der Waals surface area contributed by atoms with E-state index in [4.69, 9.17) is 0 Å². The van der Waals surface area contributed by atoms with Crippen LogP contribution in [-0.2, 0) is 14.6 Å². The van der Waals surface area contributed by atoms with Gasteiger partial charge in [0, 0.05) is 5.56 Å². The Kier molecular flexibility index (Phi) is 4.71. The molecule has 1 aliphatic rings. The molecule has 0 saturated carbocycles. The van der Waals surface area contributed by atoms with Crippen LogP contribution in [0.3, 0.4) is 0 Å². The first-order chi connectivity index (χ1) is 11.9. The molecule has 1 N–H and O–H groups in total. The number of hydrogen-bond acceptors (Lipinski definition) is 5.